The molecule has 1 aromatic heterocycles. The molecule has 3 rings (SSSR count). The summed E-state index contributed by atoms with van der Waals surface area (Å²) in [5.41, 5.74) is 2.15. The van der Waals surface area contributed by atoms with Gasteiger partial charge in [0.2, 0.25) is 0 Å². The average molecular weight is 202 g/mol. The zero-order valence-electron chi connectivity index (χ0n) is 8.46. The molecule has 0 aliphatic heterocycles. The number of nitrogens with one attached hydrogen (secondary N) is 2. The van der Waals surface area contributed by atoms with Gasteiger partial charge in [0.15, 0.2) is 0 Å². The van der Waals surface area contributed by atoms with Gasteiger partial charge in [-0.2, -0.15) is 0 Å². The summed E-state index contributed by atoms with van der Waals surface area (Å²) in [7, 11) is 0. The van der Waals surface area contributed by atoms with Crippen LogP contribution in [0.4, 0.5) is 0 Å². The molecule has 15 heavy (non-hydrogen) atoms. The van der Waals surface area contributed by atoms with Crippen LogP contribution in [0.1, 0.15) is 18.4 Å². The highest BCUT2D eigenvalue weighted by molar-refractivity contribution is 5.88. The predicted molar refractivity (Wildman–Crippen MR) is 59.8 cm³/mol. The van der Waals surface area contributed by atoms with Gasteiger partial charge in [0.1, 0.15) is 5.75 Å². The maximum atomic E-state index is 9.77. The van der Waals surface area contributed by atoms with Crippen LogP contribution in [-0.4, -0.2) is 16.1 Å². The Balaban J connectivity index is 1.94. The van der Waals surface area contributed by atoms with E-state index in [1.54, 1.807) is 6.07 Å². The summed E-state index contributed by atoms with van der Waals surface area (Å²) in [6, 6.07) is 6.26. The summed E-state index contributed by atoms with van der Waals surface area (Å²) < 4.78 is 0. The van der Waals surface area contributed by atoms with Crippen LogP contribution < -0.4 is 5.32 Å². The lowest BCUT2D eigenvalue weighted by Crippen LogP contribution is -2.14. The molecule has 1 aliphatic carbocycles. The van der Waals surface area contributed by atoms with Gasteiger partial charge in [0, 0.05) is 29.7 Å². The minimum absolute atomic E-state index is 0.362. The van der Waals surface area contributed by atoms with Gasteiger partial charge in [-0.3, -0.25) is 0 Å². The van der Waals surface area contributed by atoms with E-state index >= 15 is 0 Å². The third-order valence-electron chi connectivity index (χ3n) is 2.92. The Kier molecular flexibility index (Phi) is 1.92. The molecule has 3 nitrogen and oxygen atoms in total. The Bertz CT molecular complexity index is 485. The van der Waals surface area contributed by atoms with Crippen LogP contribution in [0.3, 0.4) is 0 Å². The van der Waals surface area contributed by atoms with Crippen molar-refractivity contribution in [3.8, 4) is 5.75 Å². The first-order chi connectivity index (χ1) is 7.34. The highest BCUT2D eigenvalue weighted by Gasteiger charge is 2.20. The largest absolute Gasteiger partial charge is 0.507 e. The molecule has 1 fully saturated rings. The maximum absolute atomic E-state index is 9.77. The maximum Gasteiger partial charge on any atom is 0.125 e. The molecule has 3 N–H and O–H groups in total. The quantitative estimate of drug-likeness (QED) is 0.714. The fourth-order valence-electron chi connectivity index (χ4n) is 1.92. The summed E-state index contributed by atoms with van der Waals surface area (Å²) >= 11 is 0. The predicted octanol–water partition coefficient (Wildman–Crippen LogP) is 2.13. The van der Waals surface area contributed by atoms with Gasteiger partial charge in [0.05, 0.1) is 0 Å². The normalized spacial score (nSPS) is 16.0. The highest BCUT2D eigenvalue weighted by Crippen LogP contribution is 2.28. The second-order valence-corrected chi connectivity index (χ2v) is 4.17. The number of aromatic hydroxyl groups is 1. The second-order valence-electron chi connectivity index (χ2n) is 4.17. The molecule has 3 heteroatoms. The standard InChI is InChI=1S/C12H14N2O/c15-11-3-1-2-10-12(11)8(7-14-10)6-13-9-4-5-9/h1-3,7,9,13-15H,4-6H2. The first-order valence-corrected chi connectivity index (χ1v) is 5.36. The van der Waals surface area contributed by atoms with Gasteiger partial charge in [-0.25, -0.2) is 0 Å². The Morgan fingerprint density at radius 3 is 3.07 bits per heavy atom. The monoisotopic (exact) mass is 202 g/mol. The van der Waals surface area contributed by atoms with Crippen molar-refractivity contribution in [1.82, 2.24) is 10.3 Å². The smallest absolute Gasteiger partial charge is 0.125 e. The number of aromatic amines is 1. The van der Waals surface area contributed by atoms with Crippen molar-refractivity contribution in [2.24, 2.45) is 0 Å². The zero-order valence-corrected chi connectivity index (χ0v) is 8.46. The third-order valence-corrected chi connectivity index (χ3v) is 2.92. The Morgan fingerprint density at radius 1 is 1.40 bits per heavy atom. The summed E-state index contributed by atoms with van der Waals surface area (Å²) in [5, 5.41) is 14.2. The van der Waals surface area contributed by atoms with Crippen LogP contribution in [0, 0.1) is 0 Å². The van der Waals surface area contributed by atoms with E-state index in [0.717, 1.165) is 23.0 Å². The molecular formula is C12H14N2O. The van der Waals surface area contributed by atoms with Gasteiger partial charge >= 0.3 is 0 Å². The number of H-pyrrole nitrogens is 1. The van der Waals surface area contributed by atoms with Crippen molar-refractivity contribution in [2.75, 3.05) is 0 Å². The number of hydrogen-bond donors (Lipinski definition) is 3. The molecule has 0 bridgehead atoms. The molecule has 2 aromatic rings. The molecule has 78 valence electrons. The number of fused-ring (bicyclic) bond motifs is 1. The van der Waals surface area contributed by atoms with Gasteiger partial charge in [-0.15, -0.1) is 0 Å². The lowest BCUT2D eigenvalue weighted by molar-refractivity contribution is 0.481. The topological polar surface area (TPSA) is 48.0 Å². The average Bonchev–Trinajstić information content (AvgIpc) is 2.96. The minimum Gasteiger partial charge on any atom is -0.507 e. The van der Waals surface area contributed by atoms with Gasteiger partial charge in [-0.05, 0) is 30.5 Å². The number of aromatic nitrogens is 1. The number of phenols is 1. The Morgan fingerprint density at radius 2 is 2.27 bits per heavy atom. The molecule has 1 aliphatic rings. The van der Waals surface area contributed by atoms with E-state index in [4.69, 9.17) is 0 Å². The Labute approximate surface area is 88.1 Å². The lowest BCUT2D eigenvalue weighted by Gasteiger charge is -2.02. The van der Waals surface area contributed by atoms with Crippen molar-refractivity contribution in [1.29, 1.82) is 0 Å². The van der Waals surface area contributed by atoms with Crippen molar-refractivity contribution >= 4 is 10.9 Å². The van der Waals surface area contributed by atoms with Gasteiger partial charge in [0.25, 0.3) is 0 Å². The molecule has 0 radical (unpaired) electrons. The molecule has 0 unspecified atom stereocenters. The third kappa shape index (κ3) is 1.59. The highest BCUT2D eigenvalue weighted by atomic mass is 16.3. The fraction of sp³-hybridized carbons (Fsp3) is 0.333. The van der Waals surface area contributed by atoms with E-state index < -0.39 is 0 Å². The first-order valence-electron chi connectivity index (χ1n) is 5.36. The van der Waals surface area contributed by atoms with Crippen molar-refractivity contribution in [3.05, 3.63) is 30.0 Å². The summed E-state index contributed by atoms with van der Waals surface area (Å²) in [6.45, 7) is 0.836. The summed E-state index contributed by atoms with van der Waals surface area (Å²) in [6.07, 6.45) is 4.54. The number of phenolic OH excluding ortho intramolecular Hbond substituents is 1. The number of rotatable bonds is 3. The van der Waals surface area contributed by atoms with Crippen LogP contribution in [0.25, 0.3) is 10.9 Å². The fourth-order valence-corrected chi connectivity index (χ4v) is 1.92. The van der Waals surface area contributed by atoms with Crippen molar-refractivity contribution < 1.29 is 5.11 Å². The van der Waals surface area contributed by atoms with Crippen LogP contribution in [0.15, 0.2) is 24.4 Å². The molecule has 0 spiro atoms. The van der Waals surface area contributed by atoms with E-state index in [1.807, 2.05) is 18.3 Å². The first kappa shape index (κ1) is 8.80. The molecule has 1 heterocycles. The second kappa shape index (κ2) is 3.28. The van der Waals surface area contributed by atoms with E-state index in [-0.39, 0.29) is 0 Å². The number of hydrogen-bond acceptors (Lipinski definition) is 2. The van der Waals surface area contributed by atoms with E-state index in [1.165, 1.54) is 12.8 Å². The summed E-state index contributed by atoms with van der Waals surface area (Å²) in [4.78, 5) is 3.17. The van der Waals surface area contributed by atoms with Crippen molar-refractivity contribution in [3.63, 3.8) is 0 Å². The van der Waals surface area contributed by atoms with E-state index in [2.05, 4.69) is 10.3 Å². The molecular weight excluding hydrogens is 188 g/mol. The molecule has 0 atom stereocenters. The zero-order chi connectivity index (χ0) is 10.3. The van der Waals surface area contributed by atoms with E-state index in [0.29, 0.717) is 11.8 Å². The molecule has 1 saturated carbocycles. The summed E-state index contributed by atoms with van der Waals surface area (Å²) in [5.74, 6) is 0.362. The van der Waals surface area contributed by atoms with Crippen molar-refractivity contribution in [2.45, 2.75) is 25.4 Å². The Hall–Kier alpha value is -1.48. The van der Waals surface area contributed by atoms with Crippen LogP contribution in [0.2, 0.25) is 0 Å². The number of benzene rings is 1. The van der Waals surface area contributed by atoms with Gasteiger partial charge < -0.3 is 15.4 Å². The van der Waals surface area contributed by atoms with E-state index in [9.17, 15) is 5.11 Å². The van der Waals surface area contributed by atoms with Crippen LogP contribution >= 0.6 is 0 Å². The minimum atomic E-state index is 0.362. The van der Waals surface area contributed by atoms with Gasteiger partial charge in [-0.1, -0.05) is 6.07 Å². The SMILES string of the molecule is Oc1cccc2[nH]cc(CNC3CC3)c12. The molecule has 0 amide bonds. The molecule has 1 aromatic carbocycles. The lowest BCUT2D eigenvalue weighted by atomic mass is 10.1. The van der Waals surface area contributed by atoms with Crippen LogP contribution in [0.5, 0.6) is 5.75 Å². The van der Waals surface area contributed by atoms with Crippen LogP contribution in [-0.2, 0) is 6.54 Å². The molecule has 0 saturated heterocycles.